The molecule has 0 saturated carbocycles. The SMILES string of the molecule is CCCC1CC(Nc2cc(C(N)=O)ccc2F)CCO1. The first-order valence-corrected chi connectivity index (χ1v) is 7.07. The van der Waals surface area contributed by atoms with E-state index < -0.39 is 5.91 Å². The number of nitrogens with two attached hydrogens (primary N) is 1. The van der Waals surface area contributed by atoms with E-state index >= 15 is 0 Å². The maximum absolute atomic E-state index is 13.8. The fourth-order valence-corrected chi connectivity index (χ4v) is 2.54. The van der Waals surface area contributed by atoms with Gasteiger partial charge in [0, 0.05) is 18.2 Å². The number of amides is 1. The standard InChI is InChI=1S/C15H21FN2O2/c1-2-3-12-9-11(6-7-20-12)18-14-8-10(15(17)19)4-5-13(14)16/h4-5,8,11-12,18H,2-3,6-7,9H2,1H3,(H2,17,19). The van der Waals surface area contributed by atoms with Gasteiger partial charge in [0.25, 0.3) is 0 Å². The monoisotopic (exact) mass is 280 g/mol. The predicted octanol–water partition coefficient (Wildman–Crippen LogP) is 2.68. The molecule has 20 heavy (non-hydrogen) atoms. The highest BCUT2D eigenvalue weighted by Gasteiger charge is 2.22. The molecule has 1 fully saturated rings. The summed E-state index contributed by atoms with van der Waals surface area (Å²) < 4.78 is 19.5. The Morgan fingerprint density at radius 2 is 2.35 bits per heavy atom. The molecule has 2 unspecified atom stereocenters. The summed E-state index contributed by atoms with van der Waals surface area (Å²) in [5, 5.41) is 3.17. The zero-order valence-corrected chi connectivity index (χ0v) is 11.7. The van der Waals surface area contributed by atoms with Crippen LogP contribution >= 0.6 is 0 Å². The minimum Gasteiger partial charge on any atom is -0.380 e. The van der Waals surface area contributed by atoms with Crippen LogP contribution in [0.4, 0.5) is 10.1 Å². The van der Waals surface area contributed by atoms with Crippen molar-refractivity contribution in [3.8, 4) is 0 Å². The van der Waals surface area contributed by atoms with Crippen molar-refractivity contribution >= 4 is 11.6 Å². The van der Waals surface area contributed by atoms with Crippen molar-refractivity contribution in [1.82, 2.24) is 0 Å². The fraction of sp³-hybridized carbons (Fsp3) is 0.533. The highest BCUT2D eigenvalue weighted by molar-refractivity contribution is 5.93. The molecule has 0 aromatic heterocycles. The molecular weight excluding hydrogens is 259 g/mol. The molecule has 1 aromatic carbocycles. The van der Waals surface area contributed by atoms with E-state index in [1.54, 1.807) is 0 Å². The van der Waals surface area contributed by atoms with Crippen LogP contribution in [0, 0.1) is 5.82 Å². The Hall–Kier alpha value is -1.62. The number of ether oxygens (including phenoxy) is 1. The number of nitrogens with one attached hydrogen (secondary N) is 1. The lowest BCUT2D eigenvalue weighted by Gasteiger charge is -2.30. The lowest BCUT2D eigenvalue weighted by molar-refractivity contribution is 0.00593. The zero-order chi connectivity index (χ0) is 14.5. The smallest absolute Gasteiger partial charge is 0.248 e. The van der Waals surface area contributed by atoms with E-state index in [9.17, 15) is 9.18 Å². The Bertz CT molecular complexity index is 477. The van der Waals surface area contributed by atoms with Crippen LogP contribution in [0.2, 0.25) is 0 Å². The van der Waals surface area contributed by atoms with E-state index in [1.807, 2.05) is 0 Å². The van der Waals surface area contributed by atoms with Crippen molar-refractivity contribution in [2.24, 2.45) is 5.73 Å². The molecule has 3 N–H and O–H groups in total. The zero-order valence-electron chi connectivity index (χ0n) is 11.7. The van der Waals surface area contributed by atoms with Crippen LogP contribution < -0.4 is 11.1 Å². The van der Waals surface area contributed by atoms with Gasteiger partial charge in [0.1, 0.15) is 5.82 Å². The number of rotatable bonds is 5. The summed E-state index contributed by atoms with van der Waals surface area (Å²) in [7, 11) is 0. The first kappa shape index (κ1) is 14.8. The summed E-state index contributed by atoms with van der Waals surface area (Å²) >= 11 is 0. The van der Waals surface area contributed by atoms with Crippen molar-refractivity contribution in [2.45, 2.75) is 44.8 Å². The fourth-order valence-electron chi connectivity index (χ4n) is 2.54. The number of carbonyl (C=O) groups is 1. The summed E-state index contributed by atoms with van der Waals surface area (Å²) in [6.07, 6.45) is 4.01. The number of carbonyl (C=O) groups excluding carboxylic acids is 1. The Morgan fingerprint density at radius 1 is 1.55 bits per heavy atom. The Kier molecular flexibility index (Phi) is 4.95. The second-order valence-corrected chi connectivity index (χ2v) is 5.21. The molecule has 4 nitrogen and oxygen atoms in total. The molecule has 0 aliphatic carbocycles. The molecule has 1 aromatic rings. The predicted molar refractivity (Wildman–Crippen MR) is 76.2 cm³/mol. The first-order valence-electron chi connectivity index (χ1n) is 7.07. The molecule has 0 bridgehead atoms. The van der Waals surface area contributed by atoms with Gasteiger partial charge < -0.3 is 15.8 Å². The summed E-state index contributed by atoms with van der Waals surface area (Å²) in [6.45, 7) is 2.80. The third-order valence-corrected chi connectivity index (χ3v) is 3.59. The summed E-state index contributed by atoms with van der Waals surface area (Å²) in [5.41, 5.74) is 5.87. The van der Waals surface area contributed by atoms with Crippen LogP contribution in [0.5, 0.6) is 0 Å². The van der Waals surface area contributed by atoms with Crippen LogP contribution in [0.15, 0.2) is 18.2 Å². The Labute approximate surface area is 118 Å². The van der Waals surface area contributed by atoms with E-state index in [1.165, 1.54) is 18.2 Å². The normalized spacial score (nSPS) is 22.5. The second kappa shape index (κ2) is 6.70. The lowest BCUT2D eigenvalue weighted by Crippen LogP contribution is -2.34. The lowest BCUT2D eigenvalue weighted by atomic mass is 9.99. The molecule has 1 saturated heterocycles. The molecule has 1 aliphatic rings. The van der Waals surface area contributed by atoms with Gasteiger partial charge in [0.2, 0.25) is 5.91 Å². The number of halogens is 1. The van der Waals surface area contributed by atoms with Gasteiger partial charge in [0.15, 0.2) is 0 Å². The van der Waals surface area contributed by atoms with Crippen LogP contribution in [-0.2, 0) is 4.74 Å². The van der Waals surface area contributed by atoms with E-state index in [0.717, 1.165) is 25.7 Å². The van der Waals surface area contributed by atoms with E-state index in [0.29, 0.717) is 17.9 Å². The molecule has 1 heterocycles. The van der Waals surface area contributed by atoms with Crippen molar-refractivity contribution in [1.29, 1.82) is 0 Å². The van der Waals surface area contributed by atoms with Crippen molar-refractivity contribution in [3.63, 3.8) is 0 Å². The van der Waals surface area contributed by atoms with Gasteiger partial charge in [-0.15, -0.1) is 0 Å². The minimum atomic E-state index is -0.552. The topological polar surface area (TPSA) is 64.3 Å². The van der Waals surface area contributed by atoms with Crippen molar-refractivity contribution in [2.75, 3.05) is 11.9 Å². The third-order valence-electron chi connectivity index (χ3n) is 3.59. The maximum Gasteiger partial charge on any atom is 0.248 e. The van der Waals surface area contributed by atoms with Crippen LogP contribution in [0.3, 0.4) is 0 Å². The number of hydrogen-bond donors (Lipinski definition) is 2. The molecule has 0 spiro atoms. The maximum atomic E-state index is 13.8. The van der Waals surface area contributed by atoms with Gasteiger partial charge in [-0.2, -0.15) is 0 Å². The summed E-state index contributed by atoms with van der Waals surface area (Å²) in [5.74, 6) is -0.919. The molecule has 5 heteroatoms. The Morgan fingerprint density at radius 3 is 3.05 bits per heavy atom. The summed E-state index contributed by atoms with van der Waals surface area (Å²) in [6, 6.07) is 4.30. The number of primary amides is 1. The van der Waals surface area contributed by atoms with Gasteiger partial charge >= 0.3 is 0 Å². The highest BCUT2D eigenvalue weighted by atomic mass is 19.1. The Balaban J connectivity index is 2.05. The van der Waals surface area contributed by atoms with E-state index in [2.05, 4.69) is 12.2 Å². The van der Waals surface area contributed by atoms with Gasteiger partial charge in [-0.05, 0) is 37.5 Å². The average Bonchev–Trinajstić information content (AvgIpc) is 2.42. The average molecular weight is 280 g/mol. The molecule has 1 aliphatic heterocycles. The minimum absolute atomic E-state index is 0.165. The van der Waals surface area contributed by atoms with E-state index in [4.69, 9.17) is 10.5 Å². The van der Waals surface area contributed by atoms with Gasteiger partial charge in [0.05, 0.1) is 11.8 Å². The summed E-state index contributed by atoms with van der Waals surface area (Å²) in [4.78, 5) is 11.1. The molecular formula is C15H21FN2O2. The van der Waals surface area contributed by atoms with Crippen LogP contribution in [0.25, 0.3) is 0 Å². The third kappa shape index (κ3) is 3.70. The van der Waals surface area contributed by atoms with Crippen molar-refractivity contribution in [3.05, 3.63) is 29.6 Å². The molecule has 1 amide bonds. The molecule has 2 atom stereocenters. The second-order valence-electron chi connectivity index (χ2n) is 5.21. The largest absolute Gasteiger partial charge is 0.380 e. The molecule has 110 valence electrons. The van der Waals surface area contributed by atoms with Crippen molar-refractivity contribution < 1.29 is 13.9 Å². The van der Waals surface area contributed by atoms with Crippen LogP contribution in [0.1, 0.15) is 43.0 Å². The van der Waals surface area contributed by atoms with Gasteiger partial charge in [-0.1, -0.05) is 13.3 Å². The number of hydrogen-bond acceptors (Lipinski definition) is 3. The molecule has 0 radical (unpaired) electrons. The van der Waals surface area contributed by atoms with Gasteiger partial charge in [-0.25, -0.2) is 4.39 Å². The molecule has 2 rings (SSSR count). The number of anilines is 1. The van der Waals surface area contributed by atoms with E-state index in [-0.39, 0.29) is 18.0 Å². The number of benzene rings is 1. The highest BCUT2D eigenvalue weighted by Crippen LogP contribution is 2.23. The quantitative estimate of drug-likeness (QED) is 0.871. The first-order chi connectivity index (χ1) is 9.60. The van der Waals surface area contributed by atoms with Gasteiger partial charge in [-0.3, -0.25) is 4.79 Å². The van der Waals surface area contributed by atoms with Crippen LogP contribution in [-0.4, -0.2) is 24.7 Å².